The summed E-state index contributed by atoms with van der Waals surface area (Å²) < 4.78 is 5.96. The Kier molecular flexibility index (Phi) is 3.78. The fraction of sp³-hybridized carbons (Fsp3) is 0.423. The fourth-order valence-corrected chi connectivity index (χ4v) is 5.61. The molecule has 2 atom stereocenters. The summed E-state index contributed by atoms with van der Waals surface area (Å²) >= 11 is 0. The Morgan fingerprint density at radius 1 is 0.867 bits per heavy atom. The van der Waals surface area contributed by atoms with Crippen molar-refractivity contribution < 1.29 is 9.53 Å². The van der Waals surface area contributed by atoms with Crippen molar-refractivity contribution in [1.29, 1.82) is 0 Å². The van der Waals surface area contributed by atoms with E-state index >= 15 is 0 Å². The highest BCUT2D eigenvalue weighted by Gasteiger charge is 2.74. The van der Waals surface area contributed by atoms with E-state index in [0.717, 1.165) is 40.8 Å². The predicted octanol–water partition coefficient (Wildman–Crippen LogP) is 5.49. The van der Waals surface area contributed by atoms with Crippen LogP contribution < -0.4 is 4.74 Å². The van der Waals surface area contributed by atoms with Crippen LogP contribution in [-0.2, 0) is 15.6 Å². The molecule has 0 radical (unpaired) electrons. The number of aromatic nitrogens is 2. The van der Waals surface area contributed by atoms with Crippen molar-refractivity contribution in [3.8, 4) is 5.75 Å². The molecule has 0 N–H and O–H groups in total. The molecule has 30 heavy (non-hydrogen) atoms. The van der Waals surface area contributed by atoms with Crippen molar-refractivity contribution in [3.05, 3.63) is 64.5 Å². The first-order valence-electron chi connectivity index (χ1n) is 10.7. The average Bonchev–Trinajstić information content (AvgIpc) is 2.99. The van der Waals surface area contributed by atoms with Crippen LogP contribution in [0.2, 0.25) is 0 Å². The van der Waals surface area contributed by atoms with Crippen molar-refractivity contribution in [3.63, 3.8) is 0 Å². The predicted molar refractivity (Wildman–Crippen MR) is 118 cm³/mol. The molecule has 4 heteroatoms. The lowest BCUT2D eigenvalue weighted by Crippen LogP contribution is -2.48. The summed E-state index contributed by atoms with van der Waals surface area (Å²) in [5.74, 6) is 0.370. The lowest BCUT2D eigenvalue weighted by atomic mass is 9.64. The number of benzene rings is 2. The van der Waals surface area contributed by atoms with Crippen molar-refractivity contribution in [1.82, 2.24) is 9.97 Å². The maximum atomic E-state index is 13.8. The molecule has 2 aliphatic rings. The summed E-state index contributed by atoms with van der Waals surface area (Å²) in [5, 5.41) is 0. The van der Waals surface area contributed by atoms with Gasteiger partial charge in [-0.1, -0.05) is 38.5 Å². The minimum Gasteiger partial charge on any atom is -0.426 e. The SMILES string of the molecule is Cc1ccc(OC(=O)C23CCC(C)(c4nc5cc(C)c(C)cc5nc42)C3(C)C)cc1. The Bertz CT molecular complexity index is 1210. The first-order chi connectivity index (χ1) is 14.1. The van der Waals surface area contributed by atoms with Gasteiger partial charge in [0.25, 0.3) is 0 Å². The van der Waals surface area contributed by atoms with Crippen LogP contribution in [0, 0.1) is 26.2 Å². The molecule has 2 aromatic carbocycles. The molecule has 0 amide bonds. The highest BCUT2D eigenvalue weighted by Crippen LogP contribution is 2.70. The summed E-state index contributed by atoms with van der Waals surface area (Å²) in [6.45, 7) is 12.8. The minimum absolute atomic E-state index is 0.212. The average molecular weight is 401 g/mol. The Morgan fingerprint density at radius 3 is 2.03 bits per heavy atom. The first-order valence-corrected chi connectivity index (χ1v) is 10.7. The number of hydrogen-bond donors (Lipinski definition) is 0. The molecule has 1 fully saturated rings. The van der Waals surface area contributed by atoms with Gasteiger partial charge in [0.15, 0.2) is 0 Å². The molecule has 2 unspecified atom stereocenters. The van der Waals surface area contributed by atoms with Crippen molar-refractivity contribution in [2.75, 3.05) is 0 Å². The van der Waals surface area contributed by atoms with Crippen molar-refractivity contribution in [2.45, 2.75) is 65.2 Å². The van der Waals surface area contributed by atoms with Crippen LogP contribution in [0.4, 0.5) is 0 Å². The standard InChI is InChI=1S/C26H28N2O2/c1-15-7-9-18(10-8-15)30-23(29)26-12-11-25(6,24(26,4)5)21-22(26)28-20-14-17(3)16(2)13-19(20)27-21/h7-10,13-14H,11-12H2,1-6H3. The monoisotopic (exact) mass is 400 g/mol. The third-order valence-corrected chi connectivity index (χ3v) is 8.23. The number of carbonyl (C=O) groups excluding carboxylic acids is 1. The Morgan fingerprint density at radius 2 is 1.43 bits per heavy atom. The largest absolute Gasteiger partial charge is 0.426 e. The van der Waals surface area contributed by atoms with Crippen molar-refractivity contribution in [2.24, 2.45) is 5.41 Å². The maximum absolute atomic E-state index is 13.8. The summed E-state index contributed by atoms with van der Waals surface area (Å²) in [4.78, 5) is 23.9. The van der Waals surface area contributed by atoms with E-state index in [0.29, 0.717) is 5.75 Å². The number of esters is 1. The zero-order chi connectivity index (χ0) is 21.5. The minimum atomic E-state index is -0.790. The second-order valence-electron chi connectivity index (χ2n) is 9.91. The number of carbonyl (C=O) groups is 1. The fourth-order valence-electron chi connectivity index (χ4n) is 5.61. The summed E-state index contributed by atoms with van der Waals surface area (Å²) in [6.07, 6.45) is 1.64. The quantitative estimate of drug-likeness (QED) is 0.422. The van der Waals surface area contributed by atoms with Gasteiger partial charge in [-0.05, 0) is 74.4 Å². The molecule has 0 saturated heterocycles. The van der Waals surface area contributed by atoms with E-state index in [4.69, 9.17) is 14.7 Å². The van der Waals surface area contributed by atoms with Crippen LogP contribution in [0.3, 0.4) is 0 Å². The van der Waals surface area contributed by atoms with Gasteiger partial charge in [-0.25, -0.2) is 9.97 Å². The van der Waals surface area contributed by atoms with E-state index < -0.39 is 5.41 Å². The number of nitrogens with zero attached hydrogens (tertiary/aromatic N) is 2. The van der Waals surface area contributed by atoms with Gasteiger partial charge in [-0.3, -0.25) is 4.79 Å². The highest BCUT2D eigenvalue weighted by molar-refractivity contribution is 5.90. The maximum Gasteiger partial charge on any atom is 0.324 e. The van der Waals surface area contributed by atoms with Crippen LogP contribution in [0.1, 0.15) is 61.7 Å². The lowest BCUT2D eigenvalue weighted by molar-refractivity contribution is -0.145. The summed E-state index contributed by atoms with van der Waals surface area (Å²) in [5.41, 5.74) is 5.72. The summed E-state index contributed by atoms with van der Waals surface area (Å²) in [7, 11) is 0. The zero-order valence-corrected chi connectivity index (χ0v) is 18.6. The number of rotatable bonds is 2. The molecule has 1 heterocycles. The molecular formula is C26H28N2O2. The molecule has 3 aromatic rings. The second-order valence-corrected chi connectivity index (χ2v) is 9.91. The van der Waals surface area contributed by atoms with Gasteiger partial charge in [0.1, 0.15) is 11.2 Å². The Hall–Kier alpha value is -2.75. The van der Waals surface area contributed by atoms with Gasteiger partial charge in [-0.15, -0.1) is 0 Å². The van der Waals surface area contributed by atoms with Crippen LogP contribution in [-0.4, -0.2) is 15.9 Å². The zero-order valence-electron chi connectivity index (χ0n) is 18.6. The van der Waals surface area contributed by atoms with Crippen LogP contribution in [0.15, 0.2) is 36.4 Å². The van der Waals surface area contributed by atoms with Crippen LogP contribution >= 0.6 is 0 Å². The molecule has 4 nitrogen and oxygen atoms in total. The van der Waals surface area contributed by atoms with Gasteiger partial charge >= 0.3 is 5.97 Å². The van der Waals surface area contributed by atoms with Gasteiger partial charge in [0.2, 0.25) is 0 Å². The molecule has 2 aliphatic carbocycles. The van der Waals surface area contributed by atoms with E-state index in [2.05, 4.69) is 46.8 Å². The molecule has 5 rings (SSSR count). The Labute approximate surface area is 177 Å². The molecule has 0 aliphatic heterocycles. The first kappa shape index (κ1) is 19.2. The lowest BCUT2D eigenvalue weighted by Gasteiger charge is -2.38. The third-order valence-electron chi connectivity index (χ3n) is 8.23. The topological polar surface area (TPSA) is 52.1 Å². The molecule has 0 spiro atoms. The van der Waals surface area contributed by atoms with E-state index in [1.165, 1.54) is 11.1 Å². The Balaban J connectivity index is 1.70. The van der Waals surface area contributed by atoms with Crippen LogP contribution in [0.25, 0.3) is 11.0 Å². The number of fused-ring (bicyclic) bond motifs is 6. The summed E-state index contributed by atoms with van der Waals surface area (Å²) in [6, 6.07) is 11.8. The van der Waals surface area contributed by atoms with E-state index in [1.807, 2.05) is 31.2 Å². The van der Waals surface area contributed by atoms with Gasteiger partial charge in [0, 0.05) is 5.41 Å². The number of aryl methyl sites for hydroxylation is 3. The number of ether oxygens (including phenoxy) is 1. The highest BCUT2D eigenvalue weighted by atomic mass is 16.5. The van der Waals surface area contributed by atoms with Gasteiger partial charge in [0.05, 0.1) is 22.4 Å². The van der Waals surface area contributed by atoms with E-state index in [1.54, 1.807) is 0 Å². The van der Waals surface area contributed by atoms with Crippen molar-refractivity contribution >= 4 is 17.0 Å². The molecular weight excluding hydrogens is 372 g/mol. The van der Waals surface area contributed by atoms with Gasteiger partial charge < -0.3 is 4.74 Å². The normalized spacial score (nSPS) is 26.1. The number of hydrogen-bond acceptors (Lipinski definition) is 4. The second kappa shape index (κ2) is 5.90. The molecule has 1 saturated carbocycles. The molecule has 2 bridgehead atoms. The van der Waals surface area contributed by atoms with E-state index in [9.17, 15) is 4.79 Å². The van der Waals surface area contributed by atoms with Crippen LogP contribution in [0.5, 0.6) is 5.75 Å². The molecule has 154 valence electrons. The molecule has 1 aromatic heterocycles. The van der Waals surface area contributed by atoms with E-state index in [-0.39, 0.29) is 16.8 Å². The smallest absolute Gasteiger partial charge is 0.324 e. The third kappa shape index (κ3) is 2.19. The van der Waals surface area contributed by atoms with Gasteiger partial charge in [-0.2, -0.15) is 0 Å².